The molecule has 0 aliphatic rings. The second-order valence-electron chi connectivity index (χ2n) is 4.84. The Morgan fingerprint density at radius 2 is 1.76 bits per heavy atom. The Morgan fingerprint density at radius 1 is 1.05 bits per heavy atom. The minimum atomic E-state index is 0.234. The van der Waals surface area contributed by atoms with Gasteiger partial charge in [-0.3, -0.25) is 0 Å². The van der Waals surface area contributed by atoms with E-state index in [1.165, 1.54) is 11.1 Å². The first-order valence-electron chi connectivity index (χ1n) is 6.83. The van der Waals surface area contributed by atoms with Crippen molar-refractivity contribution in [3.63, 3.8) is 0 Å². The molecular formula is C17H20BrNO2. The van der Waals surface area contributed by atoms with Gasteiger partial charge in [-0.2, -0.15) is 0 Å². The van der Waals surface area contributed by atoms with E-state index in [-0.39, 0.29) is 6.04 Å². The quantitative estimate of drug-likeness (QED) is 0.842. The summed E-state index contributed by atoms with van der Waals surface area (Å²) in [7, 11) is 3.36. The first kappa shape index (κ1) is 15.9. The lowest BCUT2D eigenvalue weighted by Gasteiger charge is -2.16. The average Bonchev–Trinajstić information content (AvgIpc) is 2.53. The minimum absolute atomic E-state index is 0.234. The third-order valence-electron chi connectivity index (χ3n) is 3.45. The highest BCUT2D eigenvalue weighted by molar-refractivity contribution is 9.10. The molecule has 0 fully saturated rings. The van der Waals surface area contributed by atoms with Crippen LogP contribution in [0.1, 0.15) is 24.1 Å². The molecule has 0 aromatic heterocycles. The molecule has 2 aromatic rings. The molecule has 0 saturated carbocycles. The second-order valence-corrected chi connectivity index (χ2v) is 5.69. The van der Waals surface area contributed by atoms with E-state index in [0.717, 1.165) is 22.5 Å². The van der Waals surface area contributed by atoms with Crippen molar-refractivity contribution in [1.29, 1.82) is 0 Å². The number of halogens is 1. The maximum absolute atomic E-state index is 5.27. The van der Waals surface area contributed by atoms with Gasteiger partial charge in [0, 0.05) is 17.1 Å². The predicted octanol–water partition coefficient (Wildman–Crippen LogP) is 4.32. The summed E-state index contributed by atoms with van der Waals surface area (Å²) in [5.41, 5.74) is 2.37. The van der Waals surface area contributed by atoms with E-state index in [0.29, 0.717) is 0 Å². The highest BCUT2D eigenvalue weighted by Gasteiger charge is 2.08. The van der Waals surface area contributed by atoms with Gasteiger partial charge in [0.15, 0.2) is 0 Å². The van der Waals surface area contributed by atoms with Crippen molar-refractivity contribution in [3.05, 3.63) is 58.1 Å². The van der Waals surface area contributed by atoms with E-state index in [9.17, 15) is 0 Å². The van der Waals surface area contributed by atoms with Crippen LogP contribution in [0.2, 0.25) is 0 Å². The van der Waals surface area contributed by atoms with Gasteiger partial charge in [-0.25, -0.2) is 0 Å². The number of methoxy groups -OCH3 is 2. The highest BCUT2D eigenvalue weighted by atomic mass is 79.9. The van der Waals surface area contributed by atoms with Gasteiger partial charge in [0.1, 0.15) is 11.5 Å². The average molecular weight is 350 g/mol. The van der Waals surface area contributed by atoms with E-state index >= 15 is 0 Å². The molecule has 0 bridgehead atoms. The largest absolute Gasteiger partial charge is 0.497 e. The fourth-order valence-corrected chi connectivity index (χ4v) is 2.49. The summed E-state index contributed by atoms with van der Waals surface area (Å²) in [6.45, 7) is 2.90. The standard InChI is InChI=1S/C17H20BrNO2/c1-12(13-5-4-6-15(9-13)20-2)19-11-14-10-16(21-3)7-8-17(14)18/h4-10,12,19H,11H2,1-3H3. The Bertz CT molecular complexity index is 601. The smallest absolute Gasteiger partial charge is 0.119 e. The van der Waals surface area contributed by atoms with Crippen LogP contribution in [0.4, 0.5) is 0 Å². The molecule has 0 aliphatic heterocycles. The van der Waals surface area contributed by atoms with E-state index in [2.05, 4.69) is 40.3 Å². The molecule has 0 aliphatic carbocycles. The highest BCUT2D eigenvalue weighted by Crippen LogP contribution is 2.24. The van der Waals surface area contributed by atoms with Crippen LogP contribution in [-0.2, 0) is 6.54 Å². The Labute approximate surface area is 134 Å². The molecule has 2 aromatic carbocycles. The van der Waals surface area contributed by atoms with Crippen LogP contribution in [0.15, 0.2) is 46.9 Å². The predicted molar refractivity (Wildman–Crippen MR) is 88.9 cm³/mol. The van der Waals surface area contributed by atoms with E-state index in [1.54, 1.807) is 14.2 Å². The summed E-state index contributed by atoms with van der Waals surface area (Å²) in [5, 5.41) is 3.52. The van der Waals surface area contributed by atoms with Crippen molar-refractivity contribution < 1.29 is 9.47 Å². The van der Waals surface area contributed by atoms with Crippen molar-refractivity contribution in [2.24, 2.45) is 0 Å². The first-order valence-corrected chi connectivity index (χ1v) is 7.63. The van der Waals surface area contributed by atoms with Gasteiger partial charge in [0.05, 0.1) is 14.2 Å². The second kappa shape index (κ2) is 7.48. The van der Waals surface area contributed by atoms with Gasteiger partial charge in [0.25, 0.3) is 0 Å². The molecule has 112 valence electrons. The maximum atomic E-state index is 5.27. The van der Waals surface area contributed by atoms with Crippen LogP contribution in [0, 0.1) is 0 Å². The molecule has 0 radical (unpaired) electrons. The zero-order valence-corrected chi connectivity index (χ0v) is 14.1. The summed E-state index contributed by atoms with van der Waals surface area (Å²) < 4.78 is 11.6. The first-order chi connectivity index (χ1) is 10.1. The monoisotopic (exact) mass is 349 g/mol. The van der Waals surface area contributed by atoms with Gasteiger partial charge in [-0.05, 0) is 48.4 Å². The van der Waals surface area contributed by atoms with Crippen LogP contribution >= 0.6 is 15.9 Å². The number of hydrogen-bond donors (Lipinski definition) is 1. The van der Waals surface area contributed by atoms with E-state index in [4.69, 9.17) is 9.47 Å². The molecule has 1 atom stereocenters. The summed E-state index contributed by atoms with van der Waals surface area (Å²) in [4.78, 5) is 0. The van der Waals surface area contributed by atoms with Crippen molar-refractivity contribution in [1.82, 2.24) is 5.32 Å². The van der Waals surface area contributed by atoms with Crippen molar-refractivity contribution in [3.8, 4) is 11.5 Å². The van der Waals surface area contributed by atoms with Crippen LogP contribution in [0.3, 0.4) is 0 Å². The third-order valence-corrected chi connectivity index (χ3v) is 4.22. The SMILES string of the molecule is COc1cccc(C(C)NCc2cc(OC)ccc2Br)c1. The fourth-order valence-electron chi connectivity index (χ4n) is 2.11. The molecule has 2 rings (SSSR count). The lowest BCUT2D eigenvalue weighted by molar-refractivity contribution is 0.412. The van der Waals surface area contributed by atoms with Crippen LogP contribution in [0.5, 0.6) is 11.5 Å². The van der Waals surface area contributed by atoms with Gasteiger partial charge in [-0.1, -0.05) is 28.1 Å². The Morgan fingerprint density at radius 3 is 2.48 bits per heavy atom. The van der Waals surface area contributed by atoms with Gasteiger partial charge >= 0.3 is 0 Å². The summed E-state index contributed by atoms with van der Waals surface area (Å²) in [6.07, 6.45) is 0. The molecule has 0 amide bonds. The van der Waals surface area contributed by atoms with Crippen LogP contribution < -0.4 is 14.8 Å². The van der Waals surface area contributed by atoms with Crippen molar-refractivity contribution in [2.75, 3.05) is 14.2 Å². The molecule has 4 heteroatoms. The Hall–Kier alpha value is -1.52. The molecule has 21 heavy (non-hydrogen) atoms. The normalized spacial score (nSPS) is 12.0. The molecular weight excluding hydrogens is 330 g/mol. The number of hydrogen-bond acceptors (Lipinski definition) is 3. The van der Waals surface area contributed by atoms with Crippen molar-refractivity contribution in [2.45, 2.75) is 19.5 Å². The molecule has 0 spiro atoms. The van der Waals surface area contributed by atoms with E-state index < -0.39 is 0 Å². The van der Waals surface area contributed by atoms with Crippen molar-refractivity contribution >= 4 is 15.9 Å². The molecule has 1 unspecified atom stereocenters. The topological polar surface area (TPSA) is 30.5 Å². The maximum Gasteiger partial charge on any atom is 0.119 e. The van der Waals surface area contributed by atoms with Gasteiger partial charge < -0.3 is 14.8 Å². The van der Waals surface area contributed by atoms with Crippen LogP contribution in [-0.4, -0.2) is 14.2 Å². The van der Waals surface area contributed by atoms with Gasteiger partial charge in [-0.15, -0.1) is 0 Å². The number of benzene rings is 2. The summed E-state index contributed by atoms with van der Waals surface area (Å²) in [6, 6.07) is 14.3. The molecule has 1 N–H and O–H groups in total. The molecule has 0 saturated heterocycles. The van der Waals surface area contributed by atoms with E-state index in [1.807, 2.05) is 30.3 Å². The zero-order chi connectivity index (χ0) is 15.2. The Balaban J connectivity index is 2.05. The number of rotatable bonds is 6. The lowest BCUT2D eigenvalue weighted by atomic mass is 10.1. The summed E-state index contributed by atoms with van der Waals surface area (Å²) in [5.74, 6) is 1.74. The Kier molecular flexibility index (Phi) is 5.65. The zero-order valence-electron chi connectivity index (χ0n) is 12.5. The van der Waals surface area contributed by atoms with Crippen LogP contribution in [0.25, 0.3) is 0 Å². The molecule has 0 heterocycles. The number of nitrogens with one attached hydrogen (secondary N) is 1. The fraction of sp³-hybridized carbons (Fsp3) is 0.294. The minimum Gasteiger partial charge on any atom is -0.497 e. The van der Waals surface area contributed by atoms with Gasteiger partial charge in [0.2, 0.25) is 0 Å². The third kappa shape index (κ3) is 4.22. The number of ether oxygens (including phenoxy) is 2. The summed E-state index contributed by atoms with van der Waals surface area (Å²) >= 11 is 3.57. The lowest BCUT2D eigenvalue weighted by Crippen LogP contribution is -2.18. The molecule has 3 nitrogen and oxygen atoms in total.